The van der Waals surface area contributed by atoms with E-state index >= 15 is 0 Å². The number of hydrogen-bond acceptors (Lipinski definition) is 12. The smallest absolute Gasteiger partial charge is 0.236 e. The minimum atomic E-state index is -3.35. The Hall–Kier alpha value is -7.02. The van der Waals surface area contributed by atoms with Gasteiger partial charge in [-0.3, -0.25) is 9.89 Å². The summed E-state index contributed by atoms with van der Waals surface area (Å²) in [5, 5.41) is 6.33. The molecule has 3 aromatic heterocycles. The van der Waals surface area contributed by atoms with Gasteiger partial charge in [0, 0.05) is 22.3 Å². The van der Waals surface area contributed by atoms with E-state index < -0.39 is 30.2 Å². The van der Waals surface area contributed by atoms with Crippen LogP contribution in [0.5, 0.6) is 0 Å². The van der Waals surface area contributed by atoms with Crippen LogP contribution in [0.25, 0.3) is 45.2 Å². The predicted octanol–water partition coefficient (Wildman–Crippen LogP) is 7.11. The van der Waals surface area contributed by atoms with Crippen molar-refractivity contribution < 1.29 is 21.6 Å². The number of anilines is 2. The van der Waals surface area contributed by atoms with Gasteiger partial charge in [0.1, 0.15) is 5.69 Å². The highest BCUT2D eigenvalue weighted by molar-refractivity contribution is 7.92. The number of nitrogen functional groups attached to an aromatic ring is 2. The van der Waals surface area contributed by atoms with E-state index in [1.807, 2.05) is 42.5 Å². The highest BCUT2D eigenvalue weighted by Crippen LogP contribution is 2.29. The van der Waals surface area contributed by atoms with Crippen LogP contribution in [0.3, 0.4) is 0 Å². The van der Waals surface area contributed by atoms with Gasteiger partial charge in [-0.15, -0.1) is 0 Å². The van der Waals surface area contributed by atoms with Crippen molar-refractivity contribution in [2.45, 2.75) is 48.0 Å². The number of benzene rings is 4. The molecular formula is C44H40N8O5S2. The van der Waals surface area contributed by atoms with Crippen molar-refractivity contribution in [2.24, 2.45) is 0 Å². The molecule has 0 radical (unpaired) electrons. The summed E-state index contributed by atoms with van der Waals surface area (Å²) in [6.07, 6.45) is 3.05. The maximum absolute atomic E-state index is 12.3. The number of carbonyl (C=O) groups is 1. The topological polar surface area (TPSA) is 218 Å². The fourth-order valence-corrected chi connectivity index (χ4v) is 7.64. The van der Waals surface area contributed by atoms with E-state index in [4.69, 9.17) is 11.5 Å². The molecule has 0 bridgehead atoms. The van der Waals surface area contributed by atoms with E-state index in [-0.39, 0.29) is 32.9 Å². The highest BCUT2D eigenvalue weighted by atomic mass is 32.2. The molecule has 7 rings (SSSR count). The van der Waals surface area contributed by atoms with E-state index in [0.29, 0.717) is 33.9 Å². The molecule has 0 aliphatic rings. The largest absolute Gasteiger partial charge is 0.382 e. The summed E-state index contributed by atoms with van der Waals surface area (Å²) in [6, 6.07) is 33.3. The van der Waals surface area contributed by atoms with Gasteiger partial charge >= 0.3 is 0 Å². The number of aromatic amines is 1. The van der Waals surface area contributed by atoms with E-state index in [9.17, 15) is 21.6 Å². The monoisotopic (exact) mass is 824 g/mol. The number of carbonyl (C=O) groups excluding carboxylic acids is 1. The average molecular weight is 825 g/mol. The molecular weight excluding hydrogens is 785 g/mol. The van der Waals surface area contributed by atoms with Gasteiger partial charge < -0.3 is 11.5 Å². The van der Waals surface area contributed by atoms with Crippen LogP contribution >= 0.6 is 0 Å². The Labute approximate surface area is 342 Å². The van der Waals surface area contributed by atoms with Crippen LogP contribution in [-0.2, 0) is 19.7 Å². The highest BCUT2D eigenvalue weighted by Gasteiger charge is 2.21. The van der Waals surface area contributed by atoms with Crippen LogP contribution in [-0.4, -0.2) is 63.3 Å². The van der Waals surface area contributed by atoms with Gasteiger partial charge in [-0.05, 0) is 69.9 Å². The van der Waals surface area contributed by atoms with Crippen LogP contribution < -0.4 is 11.5 Å². The van der Waals surface area contributed by atoms with Crippen molar-refractivity contribution in [3.05, 3.63) is 139 Å². The minimum Gasteiger partial charge on any atom is -0.382 e. The summed E-state index contributed by atoms with van der Waals surface area (Å²) in [6.45, 7) is 6.59. The summed E-state index contributed by atoms with van der Waals surface area (Å²) >= 11 is 0. The Morgan fingerprint density at radius 1 is 0.610 bits per heavy atom. The van der Waals surface area contributed by atoms with Gasteiger partial charge in [-0.1, -0.05) is 84.9 Å². The summed E-state index contributed by atoms with van der Waals surface area (Å²) < 4.78 is 49.2. The molecule has 298 valence electrons. The molecule has 4 aromatic carbocycles. The Kier molecular flexibility index (Phi) is 12.4. The number of hydrogen-bond donors (Lipinski definition) is 3. The first-order chi connectivity index (χ1) is 28.1. The molecule has 0 saturated heterocycles. The lowest BCUT2D eigenvalue weighted by atomic mass is 10.1. The van der Waals surface area contributed by atoms with Gasteiger partial charge in [0.05, 0.1) is 55.5 Å². The number of rotatable bonds is 9. The molecule has 0 spiro atoms. The summed E-state index contributed by atoms with van der Waals surface area (Å²) in [7, 11) is -6.68. The lowest BCUT2D eigenvalue weighted by Gasteiger charge is -2.09. The molecule has 59 heavy (non-hydrogen) atoms. The number of ketones is 1. The predicted molar refractivity (Wildman–Crippen MR) is 229 cm³/mol. The quantitative estimate of drug-likeness (QED) is 0.0980. The van der Waals surface area contributed by atoms with E-state index in [2.05, 4.69) is 42.0 Å². The standard InChI is InChI=1S/C22H21N5O2S.C22H19N3O3S/c1-14(2)30(28,29)17-10-8-16(9-11-17)20-13-24-22(23)21(25-20)19-12-18(26-27-19)15-6-4-3-5-7-15;1-15(2)29(27,28)18-10-8-16(9-11-18)20-14-24-22(23)19(25-20)12-13-21(26)17-6-4-3-5-7-17/h3-14H,1-2H3,(H2,23,24)(H,26,27);3-11,14-15H,1-2H3,(H2,23,24). The third-order valence-corrected chi connectivity index (χ3v) is 13.4. The first-order valence-electron chi connectivity index (χ1n) is 18.3. The van der Waals surface area contributed by atoms with Crippen molar-refractivity contribution in [3.8, 4) is 57.0 Å². The molecule has 15 heteroatoms. The Balaban J connectivity index is 0.000000199. The maximum Gasteiger partial charge on any atom is 0.236 e. The van der Waals surface area contributed by atoms with Crippen LogP contribution in [0.4, 0.5) is 11.6 Å². The molecule has 13 nitrogen and oxygen atoms in total. The average Bonchev–Trinajstić information content (AvgIpc) is 3.75. The molecule has 0 aliphatic heterocycles. The van der Waals surface area contributed by atoms with E-state index in [1.165, 1.54) is 18.3 Å². The second kappa shape index (κ2) is 17.6. The van der Waals surface area contributed by atoms with Crippen molar-refractivity contribution >= 4 is 37.1 Å². The van der Waals surface area contributed by atoms with Gasteiger partial charge in [-0.25, -0.2) is 36.8 Å². The van der Waals surface area contributed by atoms with Gasteiger partial charge in [0.2, 0.25) is 5.78 Å². The zero-order valence-corrected chi connectivity index (χ0v) is 34.2. The van der Waals surface area contributed by atoms with Gasteiger partial charge in [0.15, 0.2) is 37.0 Å². The van der Waals surface area contributed by atoms with Crippen molar-refractivity contribution in [2.75, 3.05) is 11.5 Å². The molecule has 0 unspecified atom stereocenters. The van der Waals surface area contributed by atoms with E-state index in [1.54, 1.807) is 94.6 Å². The van der Waals surface area contributed by atoms with Crippen LogP contribution in [0, 0.1) is 11.8 Å². The first-order valence-corrected chi connectivity index (χ1v) is 21.4. The Bertz CT molecular complexity index is 2890. The molecule has 0 aliphatic carbocycles. The number of H-pyrrole nitrogens is 1. The number of sulfone groups is 2. The third-order valence-electron chi connectivity index (χ3n) is 9.03. The third kappa shape index (κ3) is 9.58. The SMILES string of the molecule is CC(C)S(=O)(=O)c1ccc(-c2cnc(N)c(-c3cc(-c4ccccc4)n[nH]3)n2)cc1.CC(C)S(=O)(=O)c1ccc(-c2cnc(N)c(C#CC(=O)c3ccccc3)n2)cc1. The normalized spacial score (nSPS) is 11.4. The summed E-state index contributed by atoms with van der Waals surface area (Å²) in [5.74, 6) is 5.25. The second-order valence-electron chi connectivity index (χ2n) is 13.7. The number of Topliss-reactive ketones (excluding diaryl/α,β-unsaturated/α-hetero) is 1. The zero-order valence-electron chi connectivity index (χ0n) is 32.5. The fourth-order valence-electron chi connectivity index (χ4n) is 5.52. The molecule has 0 amide bonds. The maximum atomic E-state index is 12.3. The van der Waals surface area contributed by atoms with E-state index in [0.717, 1.165) is 16.8 Å². The summed E-state index contributed by atoms with van der Waals surface area (Å²) in [5.41, 5.74) is 17.9. The molecule has 0 saturated carbocycles. The van der Waals surface area contributed by atoms with Crippen molar-refractivity contribution in [1.29, 1.82) is 0 Å². The molecule has 3 heterocycles. The van der Waals surface area contributed by atoms with Crippen molar-refractivity contribution in [1.82, 2.24) is 30.1 Å². The molecule has 5 N–H and O–H groups in total. The van der Waals surface area contributed by atoms with Crippen LogP contribution in [0.2, 0.25) is 0 Å². The lowest BCUT2D eigenvalue weighted by Crippen LogP contribution is -2.13. The number of nitrogens with two attached hydrogens (primary N) is 2. The minimum absolute atomic E-state index is 0.112. The van der Waals surface area contributed by atoms with Gasteiger partial charge in [-0.2, -0.15) is 5.10 Å². The number of nitrogens with zero attached hydrogens (tertiary/aromatic N) is 5. The first kappa shape index (κ1) is 41.6. The van der Waals surface area contributed by atoms with Gasteiger partial charge in [0.25, 0.3) is 0 Å². The van der Waals surface area contributed by atoms with Crippen LogP contribution in [0.15, 0.2) is 137 Å². The molecule has 7 aromatic rings. The number of aromatic nitrogens is 6. The number of nitrogens with one attached hydrogen (secondary N) is 1. The zero-order chi connectivity index (χ0) is 42.3. The Morgan fingerprint density at radius 3 is 1.61 bits per heavy atom. The molecule has 0 fully saturated rings. The molecule has 0 atom stereocenters. The summed E-state index contributed by atoms with van der Waals surface area (Å²) in [4.78, 5) is 30.0. The Morgan fingerprint density at radius 2 is 1.08 bits per heavy atom. The van der Waals surface area contributed by atoms with Crippen LogP contribution in [0.1, 0.15) is 43.7 Å². The lowest BCUT2D eigenvalue weighted by molar-refractivity contribution is 0.105. The van der Waals surface area contributed by atoms with Crippen molar-refractivity contribution in [3.63, 3.8) is 0 Å². The fraction of sp³-hybridized carbons (Fsp3) is 0.136. The second-order valence-corrected chi connectivity index (χ2v) is 18.7.